The minimum absolute atomic E-state index is 0.0791. The van der Waals surface area contributed by atoms with Crippen molar-refractivity contribution in [3.05, 3.63) is 27.9 Å². The Morgan fingerprint density at radius 1 is 1.44 bits per heavy atom. The molecule has 0 N–H and O–H groups in total. The van der Waals surface area contributed by atoms with E-state index in [0.717, 1.165) is 25.9 Å². The molecule has 1 fully saturated rings. The van der Waals surface area contributed by atoms with Gasteiger partial charge in [-0.05, 0) is 18.9 Å². The molecule has 0 saturated carbocycles. The largest absolute Gasteiger partial charge is 0.464 e. The predicted octanol–water partition coefficient (Wildman–Crippen LogP) is 1.38. The first kappa shape index (κ1) is 12.3. The van der Waals surface area contributed by atoms with Gasteiger partial charge in [0.15, 0.2) is 5.69 Å². The molecule has 0 aromatic carbocycles. The van der Waals surface area contributed by atoms with E-state index >= 15 is 0 Å². The molecule has 0 amide bonds. The number of methoxy groups -OCH3 is 1. The van der Waals surface area contributed by atoms with Gasteiger partial charge in [0.2, 0.25) is 5.82 Å². The van der Waals surface area contributed by atoms with Gasteiger partial charge in [-0.15, -0.1) is 0 Å². The summed E-state index contributed by atoms with van der Waals surface area (Å²) in [7, 11) is 1.25. The molecule has 0 bridgehead atoms. The molecule has 1 aliphatic rings. The van der Waals surface area contributed by atoms with Crippen LogP contribution in [-0.2, 0) is 4.74 Å². The number of nitrogens with zero attached hydrogens (tertiary/aromatic N) is 3. The fraction of sp³-hybridized carbons (Fsp3) is 0.455. The number of aromatic nitrogens is 1. The molecule has 7 heteroatoms. The van der Waals surface area contributed by atoms with Gasteiger partial charge in [-0.3, -0.25) is 10.1 Å². The quantitative estimate of drug-likeness (QED) is 0.458. The van der Waals surface area contributed by atoms with Gasteiger partial charge in [0.25, 0.3) is 0 Å². The summed E-state index contributed by atoms with van der Waals surface area (Å²) in [6.45, 7) is 1.44. The molecule has 7 nitrogen and oxygen atoms in total. The molecular formula is C11H13N3O4. The molecule has 0 unspecified atom stereocenters. The summed E-state index contributed by atoms with van der Waals surface area (Å²) >= 11 is 0. The van der Waals surface area contributed by atoms with Crippen LogP contribution in [-0.4, -0.2) is 36.1 Å². The van der Waals surface area contributed by atoms with Crippen LogP contribution in [0.15, 0.2) is 12.1 Å². The summed E-state index contributed by atoms with van der Waals surface area (Å²) in [5.41, 5.74) is 0.00885. The Hall–Kier alpha value is -2.18. The van der Waals surface area contributed by atoms with Crippen LogP contribution in [0.2, 0.25) is 0 Å². The monoisotopic (exact) mass is 251 g/mol. The Balaban J connectivity index is 2.43. The molecule has 1 aliphatic heterocycles. The minimum atomic E-state index is -0.592. The van der Waals surface area contributed by atoms with E-state index in [1.165, 1.54) is 19.2 Å². The van der Waals surface area contributed by atoms with Crippen LogP contribution in [0.25, 0.3) is 0 Å². The maximum atomic E-state index is 11.4. The standard InChI is InChI=1S/C11H13N3O4/c1-18-11(15)8-4-5-9(14(16)17)10(12-8)13-6-2-3-7-13/h4-5H,2-3,6-7H2,1H3. The number of ether oxygens (including phenoxy) is 1. The molecule has 1 saturated heterocycles. The summed E-state index contributed by atoms with van der Waals surface area (Å²) in [4.78, 5) is 27.7. The summed E-state index contributed by atoms with van der Waals surface area (Å²) in [6, 6.07) is 2.61. The first-order valence-corrected chi connectivity index (χ1v) is 5.62. The van der Waals surface area contributed by atoms with Crippen molar-refractivity contribution in [3.63, 3.8) is 0 Å². The lowest BCUT2D eigenvalue weighted by atomic mass is 10.3. The van der Waals surface area contributed by atoms with Crippen LogP contribution in [0.3, 0.4) is 0 Å². The maximum Gasteiger partial charge on any atom is 0.356 e. The third kappa shape index (κ3) is 2.24. The van der Waals surface area contributed by atoms with Gasteiger partial charge in [0.05, 0.1) is 12.0 Å². The number of esters is 1. The number of rotatable bonds is 3. The molecule has 1 aromatic rings. The van der Waals surface area contributed by atoms with E-state index in [9.17, 15) is 14.9 Å². The Morgan fingerprint density at radius 3 is 2.67 bits per heavy atom. The van der Waals surface area contributed by atoms with Crippen LogP contribution in [0.4, 0.5) is 11.5 Å². The smallest absolute Gasteiger partial charge is 0.356 e. The van der Waals surface area contributed by atoms with Crippen molar-refractivity contribution in [1.29, 1.82) is 0 Å². The van der Waals surface area contributed by atoms with Gasteiger partial charge >= 0.3 is 11.7 Å². The third-order valence-electron chi connectivity index (χ3n) is 2.85. The topological polar surface area (TPSA) is 85.6 Å². The average Bonchev–Trinajstić information content (AvgIpc) is 2.90. The van der Waals surface area contributed by atoms with E-state index < -0.39 is 10.9 Å². The number of hydrogen-bond acceptors (Lipinski definition) is 6. The highest BCUT2D eigenvalue weighted by atomic mass is 16.6. The molecule has 1 aromatic heterocycles. The number of hydrogen-bond donors (Lipinski definition) is 0. The number of carbonyl (C=O) groups excluding carboxylic acids is 1. The van der Waals surface area contributed by atoms with Gasteiger partial charge in [-0.25, -0.2) is 9.78 Å². The number of anilines is 1. The van der Waals surface area contributed by atoms with E-state index in [2.05, 4.69) is 9.72 Å². The average molecular weight is 251 g/mol. The summed E-state index contributed by atoms with van der Waals surface area (Å²) in [6.07, 6.45) is 1.95. The normalized spacial score (nSPS) is 14.6. The van der Waals surface area contributed by atoms with E-state index in [4.69, 9.17) is 0 Å². The van der Waals surface area contributed by atoms with Crippen LogP contribution >= 0.6 is 0 Å². The molecule has 2 rings (SSSR count). The lowest BCUT2D eigenvalue weighted by Crippen LogP contribution is -2.21. The van der Waals surface area contributed by atoms with Crippen molar-refractivity contribution in [2.75, 3.05) is 25.1 Å². The van der Waals surface area contributed by atoms with E-state index in [-0.39, 0.29) is 17.2 Å². The van der Waals surface area contributed by atoms with Gasteiger partial charge in [0.1, 0.15) is 0 Å². The van der Waals surface area contributed by atoms with Crippen molar-refractivity contribution >= 4 is 17.5 Å². The molecule has 0 aliphatic carbocycles. The van der Waals surface area contributed by atoms with Crippen molar-refractivity contribution in [2.24, 2.45) is 0 Å². The summed E-state index contributed by atoms with van der Waals surface area (Å²) < 4.78 is 4.56. The lowest BCUT2D eigenvalue weighted by molar-refractivity contribution is -0.384. The first-order valence-electron chi connectivity index (χ1n) is 5.62. The highest BCUT2D eigenvalue weighted by molar-refractivity contribution is 5.88. The second kappa shape index (κ2) is 4.99. The number of carbonyl (C=O) groups is 1. The van der Waals surface area contributed by atoms with Gasteiger partial charge in [-0.2, -0.15) is 0 Å². The van der Waals surface area contributed by atoms with Crippen LogP contribution < -0.4 is 4.90 Å². The molecule has 0 radical (unpaired) electrons. The zero-order valence-electron chi connectivity index (χ0n) is 9.96. The van der Waals surface area contributed by atoms with Crippen molar-refractivity contribution in [3.8, 4) is 0 Å². The Morgan fingerprint density at radius 2 is 2.11 bits per heavy atom. The second-order valence-electron chi connectivity index (χ2n) is 3.98. The van der Waals surface area contributed by atoms with Crippen LogP contribution in [0.5, 0.6) is 0 Å². The predicted molar refractivity (Wildman–Crippen MR) is 63.7 cm³/mol. The van der Waals surface area contributed by atoms with Crippen LogP contribution in [0, 0.1) is 10.1 Å². The third-order valence-corrected chi connectivity index (χ3v) is 2.85. The number of nitro groups is 1. The minimum Gasteiger partial charge on any atom is -0.464 e. The SMILES string of the molecule is COC(=O)c1ccc([N+](=O)[O-])c(N2CCCC2)n1. The van der Waals surface area contributed by atoms with E-state index in [0.29, 0.717) is 0 Å². The fourth-order valence-electron chi connectivity index (χ4n) is 1.96. The molecule has 0 spiro atoms. The highest BCUT2D eigenvalue weighted by Gasteiger charge is 2.25. The molecule has 0 atom stereocenters. The zero-order valence-corrected chi connectivity index (χ0v) is 9.96. The van der Waals surface area contributed by atoms with Crippen LogP contribution in [0.1, 0.15) is 23.3 Å². The lowest BCUT2D eigenvalue weighted by Gasteiger charge is -2.16. The summed E-state index contributed by atoms with van der Waals surface area (Å²) in [5, 5.41) is 11.0. The van der Waals surface area contributed by atoms with Crippen molar-refractivity contribution in [1.82, 2.24) is 4.98 Å². The van der Waals surface area contributed by atoms with E-state index in [1.54, 1.807) is 0 Å². The molecule has 2 heterocycles. The maximum absolute atomic E-state index is 11.4. The van der Waals surface area contributed by atoms with Gasteiger partial charge < -0.3 is 9.64 Å². The molecular weight excluding hydrogens is 238 g/mol. The van der Waals surface area contributed by atoms with Crippen molar-refractivity contribution < 1.29 is 14.5 Å². The first-order chi connectivity index (χ1) is 8.63. The Kier molecular flexibility index (Phi) is 3.40. The second-order valence-corrected chi connectivity index (χ2v) is 3.98. The fourth-order valence-corrected chi connectivity index (χ4v) is 1.96. The molecule has 96 valence electrons. The van der Waals surface area contributed by atoms with Crippen molar-refractivity contribution in [2.45, 2.75) is 12.8 Å². The zero-order chi connectivity index (χ0) is 13.1. The number of pyridine rings is 1. The molecule has 18 heavy (non-hydrogen) atoms. The summed E-state index contributed by atoms with van der Waals surface area (Å²) in [5.74, 6) is -0.342. The Labute approximate surface area is 104 Å². The van der Waals surface area contributed by atoms with E-state index in [1.807, 2.05) is 4.90 Å². The van der Waals surface area contributed by atoms with Gasteiger partial charge in [0, 0.05) is 19.2 Å². The highest BCUT2D eigenvalue weighted by Crippen LogP contribution is 2.28. The van der Waals surface area contributed by atoms with Gasteiger partial charge in [-0.1, -0.05) is 0 Å². The Bertz CT molecular complexity index is 483.